The summed E-state index contributed by atoms with van der Waals surface area (Å²) in [5, 5.41) is 11.0. The number of benzene rings is 2. The summed E-state index contributed by atoms with van der Waals surface area (Å²) in [6.07, 6.45) is 2.77. The number of nitro groups is 1. The second-order valence-electron chi connectivity index (χ2n) is 6.12. The Bertz CT molecular complexity index is 772. The van der Waals surface area contributed by atoms with E-state index in [2.05, 4.69) is 6.92 Å². The molecule has 1 atom stereocenters. The zero-order valence-corrected chi connectivity index (χ0v) is 13.5. The van der Waals surface area contributed by atoms with E-state index in [0.717, 1.165) is 18.4 Å². The first-order valence-electron chi connectivity index (χ1n) is 8.12. The van der Waals surface area contributed by atoms with Gasteiger partial charge in [-0.15, -0.1) is 0 Å². The van der Waals surface area contributed by atoms with Crippen LogP contribution < -0.4 is 4.74 Å². The lowest BCUT2D eigenvalue weighted by Crippen LogP contribution is -2.43. The van der Waals surface area contributed by atoms with Gasteiger partial charge in [-0.3, -0.25) is 14.9 Å². The maximum Gasteiger partial charge on any atom is 0.269 e. The number of Topliss-reactive ketones (excluding diaryl/α,β-unsaturated/α-hetero) is 1. The van der Waals surface area contributed by atoms with E-state index in [1.165, 1.54) is 12.1 Å². The van der Waals surface area contributed by atoms with Crippen LogP contribution in [0.15, 0.2) is 48.5 Å². The minimum atomic E-state index is -0.963. The van der Waals surface area contributed by atoms with Crippen LogP contribution in [0.2, 0.25) is 0 Å². The molecule has 5 nitrogen and oxygen atoms in total. The SMILES string of the molecule is CCCCC1(C(=O)c2ccccc2)Cc2cc([N+](=O)[O-])ccc2O1. The number of hydrogen-bond donors (Lipinski definition) is 0. The van der Waals surface area contributed by atoms with E-state index >= 15 is 0 Å². The fraction of sp³-hybridized carbons (Fsp3) is 0.316. The Balaban J connectivity index is 1.96. The van der Waals surface area contributed by atoms with Crippen molar-refractivity contribution in [3.05, 3.63) is 69.8 Å². The smallest absolute Gasteiger partial charge is 0.269 e. The highest BCUT2D eigenvalue weighted by Gasteiger charge is 2.46. The number of carbonyl (C=O) groups excluding carboxylic acids is 1. The molecule has 0 N–H and O–H groups in total. The van der Waals surface area contributed by atoms with E-state index in [-0.39, 0.29) is 11.5 Å². The summed E-state index contributed by atoms with van der Waals surface area (Å²) in [5.41, 5.74) is 0.394. The van der Waals surface area contributed by atoms with Crippen LogP contribution in [0.4, 0.5) is 5.69 Å². The fourth-order valence-corrected chi connectivity index (χ4v) is 3.17. The average molecular weight is 325 g/mol. The van der Waals surface area contributed by atoms with Crippen molar-refractivity contribution in [1.29, 1.82) is 0 Å². The van der Waals surface area contributed by atoms with E-state index in [1.54, 1.807) is 18.2 Å². The van der Waals surface area contributed by atoms with E-state index in [4.69, 9.17) is 4.74 Å². The van der Waals surface area contributed by atoms with Crippen LogP contribution in [0.1, 0.15) is 42.1 Å². The lowest BCUT2D eigenvalue weighted by molar-refractivity contribution is -0.384. The van der Waals surface area contributed by atoms with Gasteiger partial charge < -0.3 is 4.74 Å². The van der Waals surface area contributed by atoms with E-state index in [9.17, 15) is 14.9 Å². The van der Waals surface area contributed by atoms with Crippen LogP contribution in [0.3, 0.4) is 0 Å². The molecule has 1 aliphatic heterocycles. The molecule has 0 saturated heterocycles. The van der Waals surface area contributed by atoms with Gasteiger partial charge in [0.05, 0.1) is 4.92 Å². The standard InChI is InChI=1S/C19H19NO4/c1-2-3-11-19(18(21)14-7-5-4-6-8-14)13-15-12-16(20(22)23)9-10-17(15)24-19/h4-10,12H,2-3,11,13H2,1H3. The van der Waals surface area contributed by atoms with E-state index in [1.807, 2.05) is 18.2 Å². The maximum absolute atomic E-state index is 13.1. The van der Waals surface area contributed by atoms with Crippen LogP contribution in [0, 0.1) is 10.1 Å². The molecule has 0 bridgehead atoms. The van der Waals surface area contributed by atoms with E-state index < -0.39 is 10.5 Å². The van der Waals surface area contributed by atoms with Crippen LogP contribution in [0.25, 0.3) is 0 Å². The summed E-state index contributed by atoms with van der Waals surface area (Å²) < 4.78 is 6.08. The first-order valence-corrected chi connectivity index (χ1v) is 8.12. The first kappa shape index (κ1) is 16.2. The largest absolute Gasteiger partial charge is 0.478 e. The molecule has 0 spiro atoms. The highest BCUT2D eigenvalue weighted by molar-refractivity contribution is 6.03. The molecule has 5 heteroatoms. The number of nitro benzene ring substituents is 1. The van der Waals surface area contributed by atoms with Crippen molar-refractivity contribution in [2.24, 2.45) is 0 Å². The number of unbranched alkanes of at least 4 members (excludes halogenated alkanes) is 1. The van der Waals surface area contributed by atoms with Crippen molar-refractivity contribution < 1.29 is 14.5 Å². The first-order chi connectivity index (χ1) is 11.6. The quantitative estimate of drug-likeness (QED) is 0.450. The number of ketones is 1. The molecule has 2 aromatic carbocycles. The number of rotatable bonds is 6. The molecule has 24 heavy (non-hydrogen) atoms. The number of non-ortho nitro benzene ring substituents is 1. The molecule has 0 radical (unpaired) electrons. The van der Waals surface area contributed by atoms with E-state index in [0.29, 0.717) is 24.2 Å². The normalized spacial score (nSPS) is 18.7. The molecule has 0 aromatic heterocycles. The van der Waals surface area contributed by atoms with Crippen LogP contribution >= 0.6 is 0 Å². The van der Waals surface area contributed by atoms with Gasteiger partial charge in [-0.25, -0.2) is 0 Å². The van der Waals surface area contributed by atoms with Gasteiger partial charge in [0, 0.05) is 29.7 Å². The summed E-state index contributed by atoms with van der Waals surface area (Å²) in [4.78, 5) is 23.7. The molecular formula is C19H19NO4. The lowest BCUT2D eigenvalue weighted by Gasteiger charge is -2.27. The Kier molecular flexibility index (Phi) is 4.34. The molecule has 3 rings (SSSR count). The Morgan fingerprint density at radius 2 is 2.00 bits per heavy atom. The molecule has 124 valence electrons. The Labute approximate surface area is 140 Å². The molecule has 1 aliphatic rings. The highest BCUT2D eigenvalue weighted by atomic mass is 16.6. The third-order valence-electron chi connectivity index (χ3n) is 4.42. The van der Waals surface area contributed by atoms with Gasteiger partial charge in [0.15, 0.2) is 5.60 Å². The van der Waals surface area contributed by atoms with Gasteiger partial charge in [-0.1, -0.05) is 43.7 Å². The summed E-state index contributed by atoms with van der Waals surface area (Å²) >= 11 is 0. The molecular weight excluding hydrogens is 306 g/mol. The zero-order valence-electron chi connectivity index (χ0n) is 13.5. The number of fused-ring (bicyclic) bond motifs is 1. The predicted molar refractivity (Wildman–Crippen MR) is 90.5 cm³/mol. The third-order valence-corrected chi connectivity index (χ3v) is 4.42. The maximum atomic E-state index is 13.1. The monoisotopic (exact) mass is 325 g/mol. The fourth-order valence-electron chi connectivity index (χ4n) is 3.17. The average Bonchev–Trinajstić information content (AvgIpc) is 2.98. The number of nitrogens with zero attached hydrogens (tertiary/aromatic N) is 1. The van der Waals surface area contributed by atoms with Gasteiger partial charge in [0.2, 0.25) is 5.78 Å². The number of hydrogen-bond acceptors (Lipinski definition) is 4. The van der Waals surface area contributed by atoms with Gasteiger partial charge in [0.25, 0.3) is 5.69 Å². The Morgan fingerprint density at radius 1 is 1.25 bits per heavy atom. The van der Waals surface area contributed by atoms with Gasteiger partial charge in [0.1, 0.15) is 5.75 Å². The van der Waals surface area contributed by atoms with Crippen molar-refractivity contribution in [3.63, 3.8) is 0 Å². The molecule has 1 heterocycles. The molecule has 0 fully saturated rings. The third kappa shape index (κ3) is 2.89. The Hall–Kier alpha value is -2.69. The highest BCUT2D eigenvalue weighted by Crippen LogP contribution is 2.41. The van der Waals surface area contributed by atoms with Crippen molar-refractivity contribution in [2.45, 2.75) is 38.2 Å². The summed E-state index contributed by atoms with van der Waals surface area (Å²) in [7, 11) is 0. The van der Waals surface area contributed by atoms with Crippen LogP contribution in [-0.2, 0) is 6.42 Å². The second-order valence-corrected chi connectivity index (χ2v) is 6.12. The summed E-state index contributed by atoms with van der Waals surface area (Å²) in [6, 6.07) is 13.6. The van der Waals surface area contributed by atoms with Gasteiger partial charge >= 0.3 is 0 Å². The zero-order chi connectivity index (χ0) is 17.2. The molecule has 0 saturated carbocycles. The topological polar surface area (TPSA) is 69.4 Å². The van der Waals surface area contributed by atoms with Crippen LogP contribution in [0.5, 0.6) is 5.75 Å². The van der Waals surface area contributed by atoms with Crippen LogP contribution in [-0.4, -0.2) is 16.3 Å². The van der Waals surface area contributed by atoms with Gasteiger partial charge in [-0.05, 0) is 18.9 Å². The lowest BCUT2D eigenvalue weighted by atomic mass is 9.84. The molecule has 1 unspecified atom stereocenters. The number of carbonyl (C=O) groups is 1. The summed E-state index contributed by atoms with van der Waals surface area (Å²) in [5.74, 6) is 0.511. The molecule has 0 aliphatic carbocycles. The van der Waals surface area contributed by atoms with Crippen molar-refractivity contribution in [2.75, 3.05) is 0 Å². The second kappa shape index (κ2) is 6.43. The Morgan fingerprint density at radius 3 is 2.67 bits per heavy atom. The molecule has 0 amide bonds. The van der Waals surface area contributed by atoms with Crippen molar-refractivity contribution >= 4 is 11.5 Å². The van der Waals surface area contributed by atoms with Crippen molar-refractivity contribution in [3.8, 4) is 5.75 Å². The van der Waals surface area contributed by atoms with Gasteiger partial charge in [-0.2, -0.15) is 0 Å². The number of ether oxygens (including phenoxy) is 1. The minimum absolute atomic E-state index is 0.0239. The van der Waals surface area contributed by atoms with Crippen molar-refractivity contribution in [1.82, 2.24) is 0 Å². The predicted octanol–water partition coefficient (Wildman–Crippen LogP) is 4.34. The minimum Gasteiger partial charge on any atom is -0.478 e. The summed E-state index contributed by atoms with van der Waals surface area (Å²) in [6.45, 7) is 2.06. The molecule has 2 aromatic rings.